The predicted octanol–water partition coefficient (Wildman–Crippen LogP) is 13.2. The molecule has 1 unspecified atom stereocenters. The SMILES string of the molecule is CCCCCCCCCCCCCCCCCCN1C=CN(CCCCCCCCCCCCC)C1CCCC. The Labute approximate surface area is 254 Å². The van der Waals surface area contributed by atoms with Crippen molar-refractivity contribution >= 4 is 0 Å². The van der Waals surface area contributed by atoms with Gasteiger partial charge in [0.2, 0.25) is 0 Å². The van der Waals surface area contributed by atoms with Gasteiger partial charge in [-0.3, -0.25) is 0 Å². The second-order valence-electron chi connectivity index (χ2n) is 13.2. The Morgan fingerprint density at radius 3 is 0.850 bits per heavy atom. The third kappa shape index (κ3) is 22.0. The lowest BCUT2D eigenvalue weighted by Gasteiger charge is -2.33. The van der Waals surface area contributed by atoms with Gasteiger partial charge in [-0.25, -0.2) is 0 Å². The first-order chi connectivity index (χ1) is 19.8. The van der Waals surface area contributed by atoms with Crippen molar-refractivity contribution < 1.29 is 0 Å². The second kappa shape index (κ2) is 29.8. The molecule has 0 spiro atoms. The molecule has 0 N–H and O–H groups in total. The van der Waals surface area contributed by atoms with Gasteiger partial charge in [-0.1, -0.05) is 188 Å². The first-order valence-electron chi connectivity index (χ1n) is 19.0. The van der Waals surface area contributed by atoms with Crippen molar-refractivity contribution in [3.05, 3.63) is 12.4 Å². The molecule has 0 bridgehead atoms. The summed E-state index contributed by atoms with van der Waals surface area (Å²) in [6.45, 7) is 9.48. The summed E-state index contributed by atoms with van der Waals surface area (Å²) < 4.78 is 0. The molecule has 0 radical (unpaired) electrons. The molecule has 1 aliphatic rings. The largest absolute Gasteiger partial charge is 0.356 e. The maximum absolute atomic E-state index is 2.68. The van der Waals surface area contributed by atoms with E-state index in [1.54, 1.807) is 0 Å². The lowest BCUT2D eigenvalue weighted by atomic mass is 10.0. The quantitative estimate of drug-likeness (QED) is 0.0755. The normalized spacial score (nSPS) is 15.1. The Kier molecular flexibility index (Phi) is 27.9. The van der Waals surface area contributed by atoms with Gasteiger partial charge in [-0.15, -0.1) is 0 Å². The highest BCUT2D eigenvalue weighted by molar-refractivity contribution is 4.96. The summed E-state index contributed by atoms with van der Waals surface area (Å²) in [5.74, 6) is 0. The average Bonchev–Trinajstić information content (AvgIpc) is 3.35. The molecule has 1 rings (SSSR count). The van der Waals surface area contributed by atoms with Crippen LogP contribution in [0.15, 0.2) is 12.4 Å². The van der Waals surface area contributed by atoms with Gasteiger partial charge >= 0.3 is 0 Å². The van der Waals surface area contributed by atoms with Crippen LogP contribution >= 0.6 is 0 Å². The summed E-state index contributed by atoms with van der Waals surface area (Å²) in [7, 11) is 0. The Hall–Kier alpha value is -0.660. The molecule has 0 saturated heterocycles. The molecule has 0 aliphatic carbocycles. The van der Waals surface area contributed by atoms with Crippen molar-refractivity contribution in [3.63, 3.8) is 0 Å². The van der Waals surface area contributed by atoms with E-state index < -0.39 is 0 Å². The van der Waals surface area contributed by atoms with E-state index in [0.29, 0.717) is 6.17 Å². The third-order valence-corrected chi connectivity index (χ3v) is 9.32. The van der Waals surface area contributed by atoms with E-state index >= 15 is 0 Å². The summed E-state index contributed by atoms with van der Waals surface area (Å²) in [5, 5.41) is 0. The number of rotatable bonds is 32. The van der Waals surface area contributed by atoms with Crippen molar-refractivity contribution in [1.29, 1.82) is 0 Å². The van der Waals surface area contributed by atoms with Crippen molar-refractivity contribution in [2.75, 3.05) is 13.1 Å². The van der Waals surface area contributed by atoms with Crippen LogP contribution in [0.3, 0.4) is 0 Å². The van der Waals surface area contributed by atoms with Gasteiger partial charge in [-0.2, -0.15) is 0 Å². The van der Waals surface area contributed by atoms with E-state index in [9.17, 15) is 0 Å². The molecule has 0 saturated carbocycles. The van der Waals surface area contributed by atoms with Crippen molar-refractivity contribution in [2.24, 2.45) is 0 Å². The predicted molar refractivity (Wildman–Crippen MR) is 182 cm³/mol. The molecule has 0 aromatic heterocycles. The molecule has 1 heterocycles. The summed E-state index contributed by atoms with van der Waals surface area (Å²) in [4.78, 5) is 5.36. The van der Waals surface area contributed by atoms with Crippen LogP contribution in [-0.4, -0.2) is 29.1 Å². The maximum atomic E-state index is 2.68. The molecule has 2 heteroatoms. The number of unbranched alkanes of at least 4 members (excludes halogenated alkanes) is 26. The molecular weight excluding hydrogens is 484 g/mol. The minimum atomic E-state index is 0.638. The molecule has 0 aromatic carbocycles. The lowest BCUT2D eigenvalue weighted by molar-refractivity contribution is 0.136. The molecule has 2 nitrogen and oxygen atoms in total. The van der Waals surface area contributed by atoms with Crippen LogP contribution in [0.4, 0.5) is 0 Å². The fourth-order valence-corrected chi connectivity index (χ4v) is 6.53. The molecule has 0 aromatic rings. The smallest absolute Gasteiger partial charge is 0.101 e. The Bertz CT molecular complexity index is 516. The summed E-state index contributed by atoms with van der Waals surface area (Å²) in [6, 6.07) is 0. The van der Waals surface area contributed by atoms with Gasteiger partial charge in [0.15, 0.2) is 0 Å². The van der Waals surface area contributed by atoms with Crippen LogP contribution in [0.2, 0.25) is 0 Å². The Balaban J connectivity index is 1.99. The Morgan fingerprint density at radius 2 is 0.575 bits per heavy atom. The lowest BCUT2D eigenvalue weighted by Crippen LogP contribution is -2.39. The number of nitrogens with zero attached hydrogens (tertiary/aromatic N) is 2. The first kappa shape index (κ1) is 37.4. The summed E-state index contributed by atoms with van der Waals surface area (Å²) in [5.41, 5.74) is 0. The van der Waals surface area contributed by atoms with E-state index in [1.807, 2.05) is 0 Å². The zero-order valence-corrected chi connectivity index (χ0v) is 28.3. The van der Waals surface area contributed by atoms with Crippen LogP contribution in [0.1, 0.15) is 213 Å². The zero-order chi connectivity index (χ0) is 28.8. The first-order valence-corrected chi connectivity index (χ1v) is 19.0. The summed E-state index contributed by atoms with van der Waals surface area (Å²) >= 11 is 0. The van der Waals surface area contributed by atoms with Gasteiger partial charge in [-0.05, 0) is 25.7 Å². The minimum Gasteiger partial charge on any atom is -0.356 e. The average molecular weight is 561 g/mol. The number of hydrogen-bond acceptors (Lipinski definition) is 2. The van der Waals surface area contributed by atoms with Crippen LogP contribution in [0.5, 0.6) is 0 Å². The topological polar surface area (TPSA) is 6.48 Å². The molecular formula is C38H76N2. The van der Waals surface area contributed by atoms with Gasteiger partial charge in [0.05, 0.1) is 0 Å². The Morgan fingerprint density at radius 1 is 0.325 bits per heavy atom. The molecule has 0 amide bonds. The van der Waals surface area contributed by atoms with Crippen LogP contribution in [0, 0.1) is 0 Å². The highest BCUT2D eigenvalue weighted by Gasteiger charge is 2.24. The molecule has 40 heavy (non-hydrogen) atoms. The van der Waals surface area contributed by atoms with Crippen LogP contribution in [0.25, 0.3) is 0 Å². The van der Waals surface area contributed by atoms with Gasteiger partial charge < -0.3 is 9.80 Å². The maximum Gasteiger partial charge on any atom is 0.101 e. The van der Waals surface area contributed by atoms with Crippen LogP contribution < -0.4 is 0 Å². The molecule has 1 aliphatic heterocycles. The highest BCUT2D eigenvalue weighted by Crippen LogP contribution is 2.23. The van der Waals surface area contributed by atoms with E-state index in [1.165, 1.54) is 206 Å². The van der Waals surface area contributed by atoms with Crippen molar-refractivity contribution in [2.45, 2.75) is 220 Å². The standard InChI is InChI=1S/C38H76N2/c1-4-7-10-12-14-16-18-19-20-21-22-24-26-28-30-32-35-40-37-36-39(38(40)33-9-6-3)34-31-29-27-25-23-17-15-13-11-8-5-2/h36-38H,4-35H2,1-3H3. The zero-order valence-electron chi connectivity index (χ0n) is 28.3. The summed E-state index contributed by atoms with van der Waals surface area (Å²) in [6.07, 6.45) is 48.5. The van der Waals surface area contributed by atoms with E-state index in [4.69, 9.17) is 0 Å². The third-order valence-electron chi connectivity index (χ3n) is 9.32. The van der Waals surface area contributed by atoms with E-state index in [-0.39, 0.29) is 0 Å². The van der Waals surface area contributed by atoms with Crippen molar-refractivity contribution in [1.82, 2.24) is 9.80 Å². The minimum absolute atomic E-state index is 0.638. The van der Waals surface area contributed by atoms with Crippen LogP contribution in [-0.2, 0) is 0 Å². The molecule has 1 atom stereocenters. The monoisotopic (exact) mass is 561 g/mol. The van der Waals surface area contributed by atoms with Gasteiger partial charge in [0.25, 0.3) is 0 Å². The van der Waals surface area contributed by atoms with E-state index in [0.717, 1.165) is 0 Å². The molecule has 238 valence electrons. The van der Waals surface area contributed by atoms with Crippen molar-refractivity contribution in [3.8, 4) is 0 Å². The highest BCUT2D eigenvalue weighted by atomic mass is 15.4. The number of hydrogen-bond donors (Lipinski definition) is 0. The molecule has 0 fully saturated rings. The fraction of sp³-hybridized carbons (Fsp3) is 0.947. The fourth-order valence-electron chi connectivity index (χ4n) is 6.53. The second-order valence-corrected chi connectivity index (χ2v) is 13.2. The van der Waals surface area contributed by atoms with Gasteiger partial charge in [0, 0.05) is 25.5 Å². The van der Waals surface area contributed by atoms with Gasteiger partial charge in [0.1, 0.15) is 6.17 Å². The van der Waals surface area contributed by atoms with E-state index in [2.05, 4.69) is 43.0 Å².